The summed E-state index contributed by atoms with van der Waals surface area (Å²) in [6.45, 7) is 2.51. The number of ether oxygens (including phenoxy) is 1. The molecule has 0 spiro atoms. The highest BCUT2D eigenvalue weighted by Gasteiger charge is 2.30. The SMILES string of the molecule is CC1COC(CN)CN1C(=O)c1cc(F)c(F)c(F)c1. The molecule has 1 aliphatic heterocycles. The minimum atomic E-state index is -1.59. The first-order valence-corrected chi connectivity index (χ1v) is 6.21. The van der Waals surface area contributed by atoms with Gasteiger partial charge in [0.25, 0.3) is 5.91 Å². The number of amides is 1. The predicted octanol–water partition coefficient (Wildman–Crippen LogP) is 1.29. The van der Waals surface area contributed by atoms with E-state index >= 15 is 0 Å². The van der Waals surface area contributed by atoms with E-state index in [-0.39, 0.29) is 30.8 Å². The van der Waals surface area contributed by atoms with Gasteiger partial charge in [-0.05, 0) is 19.1 Å². The molecule has 0 radical (unpaired) electrons. The van der Waals surface area contributed by atoms with Crippen LogP contribution in [0.1, 0.15) is 17.3 Å². The number of hydrogen-bond acceptors (Lipinski definition) is 3. The molecular formula is C13H15F3N2O2. The van der Waals surface area contributed by atoms with Crippen LogP contribution in [0.5, 0.6) is 0 Å². The molecule has 20 heavy (non-hydrogen) atoms. The number of rotatable bonds is 2. The van der Waals surface area contributed by atoms with Gasteiger partial charge in [0.05, 0.1) is 18.8 Å². The van der Waals surface area contributed by atoms with E-state index in [1.165, 1.54) is 4.90 Å². The molecule has 1 fully saturated rings. The van der Waals surface area contributed by atoms with Crippen molar-refractivity contribution in [2.24, 2.45) is 5.73 Å². The zero-order valence-corrected chi connectivity index (χ0v) is 10.9. The maximum atomic E-state index is 13.2. The smallest absolute Gasteiger partial charge is 0.254 e. The summed E-state index contributed by atoms with van der Waals surface area (Å²) in [6, 6.07) is 1.14. The molecule has 1 aromatic rings. The Morgan fingerprint density at radius 2 is 2.00 bits per heavy atom. The largest absolute Gasteiger partial charge is 0.373 e. The topological polar surface area (TPSA) is 55.6 Å². The summed E-state index contributed by atoms with van der Waals surface area (Å²) in [4.78, 5) is 13.7. The van der Waals surface area contributed by atoms with Crippen LogP contribution in [-0.4, -0.2) is 42.6 Å². The second kappa shape index (κ2) is 5.80. The second-order valence-electron chi connectivity index (χ2n) is 4.75. The molecule has 1 aliphatic rings. The zero-order chi connectivity index (χ0) is 14.9. The molecular weight excluding hydrogens is 273 g/mol. The number of nitrogens with zero attached hydrogens (tertiary/aromatic N) is 1. The van der Waals surface area contributed by atoms with E-state index in [9.17, 15) is 18.0 Å². The van der Waals surface area contributed by atoms with Crippen molar-refractivity contribution in [3.05, 3.63) is 35.1 Å². The highest BCUT2D eigenvalue weighted by molar-refractivity contribution is 5.94. The zero-order valence-electron chi connectivity index (χ0n) is 10.9. The number of hydrogen-bond donors (Lipinski definition) is 1. The van der Waals surface area contributed by atoms with Crippen LogP contribution in [0, 0.1) is 17.5 Å². The van der Waals surface area contributed by atoms with Crippen LogP contribution in [0.2, 0.25) is 0 Å². The minimum absolute atomic E-state index is 0.231. The van der Waals surface area contributed by atoms with Crippen LogP contribution in [-0.2, 0) is 4.74 Å². The minimum Gasteiger partial charge on any atom is -0.373 e. The number of nitrogens with two attached hydrogens (primary N) is 1. The van der Waals surface area contributed by atoms with Crippen LogP contribution in [0.25, 0.3) is 0 Å². The summed E-state index contributed by atoms with van der Waals surface area (Å²) in [7, 11) is 0. The summed E-state index contributed by atoms with van der Waals surface area (Å²) in [6.07, 6.45) is -0.315. The van der Waals surface area contributed by atoms with Crippen molar-refractivity contribution >= 4 is 5.91 Å². The molecule has 2 unspecified atom stereocenters. The first-order valence-electron chi connectivity index (χ1n) is 6.21. The molecule has 0 aliphatic carbocycles. The maximum Gasteiger partial charge on any atom is 0.254 e. The molecule has 1 amide bonds. The number of carbonyl (C=O) groups excluding carboxylic acids is 1. The first kappa shape index (κ1) is 14.8. The van der Waals surface area contributed by atoms with Gasteiger partial charge in [0.2, 0.25) is 0 Å². The van der Waals surface area contributed by atoms with Gasteiger partial charge in [0, 0.05) is 18.7 Å². The van der Waals surface area contributed by atoms with Crippen molar-refractivity contribution in [2.75, 3.05) is 19.7 Å². The summed E-state index contributed by atoms with van der Waals surface area (Å²) < 4.78 is 44.6. The van der Waals surface area contributed by atoms with Gasteiger partial charge in [-0.15, -0.1) is 0 Å². The maximum absolute atomic E-state index is 13.2. The average molecular weight is 288 g/mol. The Bertz CT molecular complexity index is 501. The van der Waals surface area contributed by atoms with Gasteiger partial charge < -0.3 is 15.4 Å². The van der Waals surface area contributed by atoms with E-state index in [1.54, 1.807) is 6.92 Å². The van der Waals surface area contributed by atoms with Crippen LogP contribution in [0.4, 0.5) is 13.2 Å². The van der Waals surface area contributed by atoms with Crippen LogP contribution in [0.15, 0.2) is 12.1 Å². The Morgan fingerprint density at radius 1 is 1.40 bits per heavy atom. The van der Waals surface area contributed by atoms with Gasteiger partial charge in [0.1, 0.15) is 0 Å². The number of halogens is 3. The highest BCUT2D eigenvalue weighted by Crippen LogP contribution is 2.19. The molecule has 2 atom stereocenters. The highest BCUT2D eigenvalue weighted by atomic mass is 19.2. The number of morpholine rings is 1. The predicted molar refractivity (Wildman–Crippen MR) is 65.6 cm³/mol. The molecule has 7 heteroatoms. The molecule has 1 heterocycles. The van der Waals surface area contributed by atoms with E-state index < -0.39 is 23.4 Å². The quantitative estimate of drug-likeness (QED) is 0.834. The third kappa shape index (κ3) is 2.78. The lowest BCUT2D eigenvalue weighted by molar-refractivity contribution is -0.0426. The molecule has 2 rings (SSSR count). The molecule has 110 valence electrons. The Balaban J connectivity index is 2.26. The average Bonchev–Trinajstić information content (AvgIpc) is 2.44. The Morgan fingerprint density at radius 3 is 2.55 bits per heavy atom. The number of carbonyl (C=O) groups is 1. The van der Waals surface area contributed by atoms with Crippen LogP contribution in [0.3, 0.4) is 0 Å². The van der Waals surface area contributed by atoms with Crippen molar-refractivity contribution in [3.8, 4) is 0 Å². The summed E-state index contributed by atoms with van der Waals surface area (Å²) >= 11 is 0. The molecule has 1 saturated heterocycles. The Kier molecular flexibility index (Phi) is 4.29. The lowest BCUT2D eigenvalue weighted by Gasteiger charge is -2.37. The standard InChI is InChI=1S/C13H15F3N2O2/c1-7-6-20-9(4-17)5-18(7)13(19)8-2-10(14)12(16)11(15)3-8/h2-3,7,9H,4-6,17H2,1H3. The Labute approximate surface area is 114 Å². The summed E-state index contributed by atoms with van der Waals surface area (Å²) in [5.41, 5.74) is 5.25. The lowest BCUT2D eigenvalue weighted by Crippen LogP contribution is -2.52. The van der Waals surface area contributed by atoms with E-state index in [0.29, 0.717) is 18.7 Å². The van der Waals surface area contributed by atoms with Crippen molar-refractivity contribution < 1.29 is 22.7 Å². The normalized spacial score (nSPS) is 22.9. The van der Waals surface area contributed by atoms with E-state index in [1.807, 2.05) is 0 Å². The van der Waals surface area contributed by atoms with Crippen molar-refractivity contribution in [3.63, 3.8) is 0 Å². The fourth-order valence-electron chi connectivity index (χ4n) is 2.09. The third-order valence-corrected chi connectivity index (χ3v) is 3.26. The van der Waals surface area contributed by atoms with Crippen molar-refractivity contribution in [1.29, 1.82) is 0 Å². The van der Waals surface area contributed by atoms with E-state index in [2.05, 4.69) is 0 Å². The fraction of sp³-hybridized carbons (Fsp3) is 0.462. The molecule has 2 N–H and O–H groups in total. The van der Waals surface area contributed by atoms with E-state index in [4.69, 9.17) is 10.5 Å². The lowest BCUT2D eigenvalue weighted by atomic mass is 10.1. The molecule has 1 aromatic carbocycles. The van der Waals surface area contributed by atoms with Gasteiger partial charge in [-0.3, -0.25) is 4.79 Å². The summed E-state index contributed by atoms with van der Waals surface area (Å²) in [5.74, 6) is -4.93. The van der Waals surface area contributed by atoms with E-state index in [0.717, 1.165) is 0 Å². The number of benzene rings is 1. The van der Waals surface area contributed by atoms with Crippen LogP contribution >= 0.6 is 0 Å². The molecule has 0 aromatic heterocycles. The van der Waals surface area contributed by atoms with Crippen LogP contribution < -0.4 is 5.73 Å². The molecule has 0 bridgehead atoms. The third-order valence-electron chi connectivity index (χ3n) is 3.26. The summed E-state index contributed by atoms with van der Waals surface area (Å²) in [5, 5.41) is 0. The van der Waals surface area contributed by atoms with Gasteiger partial charge in [-0.1, -0.05) is 0 Å². The van der Waals surface area contributed by atoms with Gasteiger partial charge in [-0.2, -0.15) is 0 Å². The fourth-order valence-corrected chi connectivity index (χ4v) is 2.09. The monoisotopic (exact) mass is 288 g/mol. The van der Waals surface area contributed by atoms with Gasteiger partial charge in [-0.25, -0.2) is 13.2 Å². The second-order valence-corrected chi connectivity index (χ2v) is 4.75. The van der Waals surface area contributed by atoms with Gasteiger partial charge >= 0.3 is 0 Å². The van der Waals surface area contributed by atoms with Crippen molar-refractivity contribution in [2.45, 2.75) is 19.1 Å². The molecule has 4 nitrogen and oxygen atoms in total. The van der Waals surface area contributed by atoms with Crippen molar-refractivity contribution in [1.82, 2.24) is 4.90 Å². The first-order chi connectivity index (χ1) is 9.43. The van der Waals surface area contributed by atoms with Gasteiger partial charge in [0.15, 0.2) is 17.5 Å². The Hall–Kier alpha value is -1.60. The molecule has 0 saturated carbocycles.